The molecule has 3 N–H and O–H groups in total. The van der Waals surface area contributed by atoms with Gasteiger partial charge in [-0.2, -0.15) is 0 Å². The number of nitrogen functional groups attached to an aromatic ring is 1. The maximum Gasteiger partial charge on any atom is 0.210 e. The summed E-state index contributed by atoms with van der Waals surface area (Å²) in [5.41, 5.74) is 2.80. The molecule has 0 fully saturated rings. The Morgan fingerprint density at radius 1 is 1.13 bits per heavy atom. The minimum absolute atomic E-state index is 0.00149. The highest BCUT2D eigenvalue weighted by Gasteiger charge is 2.17. The van der Waals surface area contributed by atoms with E-state index in [1.54, 1.807) is 24.3 Å². The fourth-order valence-corrected chi connectivity index (χ4v) is 3.65. The zero-order valence-corrected chi connectivity index (χ0v) is 19.0. The van der Waals surface area contributed by atoms with Gasteiger partial charge in [-0.3, -0.25) is 4.79 Å². The monoisotopic (exact) mass is 440 g/mol. The van der Waals surface area contributed by atoms with Crippen LogP contribution in [0.4, 0.5) is 0 Å². The Labute approximate surface area is 186 Å². The second-order valence-corrected chi connectivity index (χ2v) is 9.35. The van der Waals surface area contributed by atoms with E-state index in [0.717, 1.165) is 5.56 Å². The summed E-state index contributed by atoms with van der Waals surface area (Å²) < 4.78 is 7.02. The Bertz CT molecular complexity index is 1020. The highest BCUT2D eigenvalue weighted by Crippen LogP contribution is 2.26. The zero-order chi connectivity index (χ0) is 22.6. The number of aliphatic hydroxyl groups is 1. The predicted octanol–water partition coefficient (Wildman–Crippen LogP) is 3.69. The normalized spacial score (nSPS) is 12.5. The van der Waals surface area contributed by atoms with Gasteiger partial charge in [0, 0.05) is 16.9 Å². The fourth-order valence-electron chi connectivity index (χ4n) is 2.89. The molecule has 0 spiro atoms. The van der Waals surface area contributed by atoms with Crippen molar-refractivity contribution < 1.29 is 14.6 Å². The number of thioether (sulfide) groups is 1. The summed E-state index contributed by atoms with van der Waals surface area (Å²) in [6.07, 6.45) is -0.719. The first kappa shape index (κ1) is 22.8. The molecule has 2 aromatic carbocycles. The summed E-state index contributed by atoms with van der Waals surface area (Å²) >= 11 is 1.31. The second-order valence-electron chi connectivity index (χ2n) is 8.36. The standard InChI is InChI=1S/C23H28N4O3S/c1-15(28)16-7-11-20(12-8-16)30-13-19(29)14-31-22-26-25-21(27(22)24)17-5-9-18(10-6-17)23(2,3)4/h5-12,19,29H,13-14,24H2,1-4H3. The number of nitrogens with zero attached hydrogens (tertiary/aromatic N) is 3. The van der Waals surface area contributed by atoms with Crippen LogP contribution in [0.1, 0.15) is 43.6 Å². The average molecular weight is 441 g/mol. The molecule has 0 bridgehead atoms. The van der Waals surface area contributed by atoms with Gasteiger partial charge in [-0.05, 0) is 42.2 Å². The van der Waals surface area contributed by atoms with Crippen LogP contribution in [0, 0.1) is 0 Å². The third-order valence-electron chi connectivity index (χ3n) is 4.78. The molecule has 8 heteroatoms. The molecule has 0 aliphatic rings. The molecule has 0 saturated heterocycles. The summed E-state index contributed by atoms with van der Waals surface area (Å²) in [5, 5.41) is 19.1. The molecule has 0 aliphatic carbocycles. The molecule has 31 heavy (non-hydrogen) atoms. The Balaban J connectivity index is 1.55. The van der Waals surface area contributed by atoms with Gasteiger partial charge in [0.05, 0.1) is 6.10 Å². The van der Waals surface area contributed by atoms with Crippen molar-refractivity contribution in [1.29, 1.82) is 0 Å². The van der Waals surface area contributed by atoms with Gasteiger partial charge in [0.15, 0.2) is 11.6 Å². The number of carbonyl (C=O) groups is 1. The molecule has 0 radical (unpaired) electrons. The van der Waals surface area contributed by atoms with E-state index < -0.39 is 6.10 Å². The lowest BCUT2D eigenvalue weighted by atomic mass is 9.87. The largest absolute Gasteiger partial charge is 0.491 e. The number of hydrogen-bond donors (Lipinski definition) is 2. The number of benzene rings is 2. The summed E-state index contributed by atoms with van der Waals surface area (Å²) in [5.74, 6) is 7.69. The van der Waals surface area contributed by atoms with Crippen LogP contribution in [0.3, 0.4) is 0 Å². The molecule has 1 aromatic heterocycles. The third-order valence-corrected chi connectivity index (χ3v) is 5.87. The predicted molar refractivity (Wildman–Crippen MR) is 123 cm³/mol. The second kappa shape index (κ2) is 9.53. The number of carbonyl (C=O) groups excluding carboxylic acids is 1. The number of aromatic nitrogens is 3. The van der Waals surface area contributed by atoms with Gasteiger partial charge in [0.25, 0.3) is 0 Å². The Morgan fingerprint density at radius 3 is 2.35 bits per heavy atom. The van der Waals surface area contributed by atoms with Gasteiger partial charge in [-0.1, -0.05) is 56.8 Å². The van der Waals surface area contributed by atoms with Crippen molar-refractivity contribution in [3.8, 4) is 17.1 Å². The van der Waals surface area contributed by atoms with Crippen molar-refractivity contribution in [2.24, 2.45) is 0 Å². The van der Waals surface area contributed by atoms with Crippen LogP contribution >= 0.6 is 11.8 Å². The Hall–Kier alpha value is -2.84. The van der Waals surface area contributed by atoms with Gasteiger partial charge in [-0.25, -0.2) is 4.68 Å². The Morgan fingerprint density at radius 2 is 1.77 bits per heavy atom. The first-order valence-electron chi connectivity index (χ1n) is 10.0. The van der Waals surface area contributed by atoms with Crippen LogP contribution in [-0.4, -0.2) is 44.2 Å². The summed E-state index contributed by atoms with van der Waals surface area (Å²) in [6, 6.07) is 14.9. The summed E-state index contributed by atoms with van der Waals surface area (Å²) in [6.45, 7) is 8.13. The van der Waals surface area contributed by atoms with Crippen LogP contribution in [0.5, 0.6) is 5.75 Å². The molecule has 0 saturated carbocycles. The molecule has 7 nitrogen and oxygen atoms in total. The van der Waals surface area contributed by atoms with Crippen molar-refractivity contribution in [2.45, 2.75) is 44.4 Å². The van der Waals surface area contributed by atoms with Gasteiger partial charge in [0.2, 0.25) is 5.16 Å². The van der Waals surface area contributed by atoms with Crippen molar-refractivity contribution in [3.05, 3.63) is 59.7 Å². The van der Waals surface area contributed by atoms with Crippen molar-refractivity contribution in [3.63, 3.8) is 0 Å². The smallest absolute Gasteiger partial charge is 0.210 e. The zero-order valence-electron chi connectivity index (χ0n) is 18.2. The van der Waals surface area contributed by atoms with E-state index in [0.29, 0.717) is 28.0 Å². The van der Waals surface area contributed by atoms with Gasteiger partial charge < -0.3 is 15.7 Å². The molecule has 0 aliphatic heterocycles. The first-order valence-corrected chi connectivity index (χ1v) is 11.0. The van der Waals surface area contributed by atoms with E-state index >= 15 is 0 Å². The van der Waals surface area contributed by atoms with E-state index in [2.05, 4.69) is 43.1 Å². The molecule has 1 heterocycles. The SMILES string of the molecule is CC(=O)c1ccc(OCC(O)CSc2nnc(-c3ccc(C(C)(C)C)cc3)n2N)cc1. The third kappa shape index (κ3) is 5.86. The van der Waals surface area contributed by atoms with Crippen LogP contribution < -0.4 is 10.6 Å². The molecular weight excluding hydrogens is 412 g/mol. The van der Waals surface area contributed by atoms with Crippen molar-refractivity contribution in [2.75, 3.05) is 18.2 Å². The van der Waals surface area contributed by atoms with Crippen LogP contribution in [0.2, 0.25) is 0 Å². The van der Waals surface area contributed by atoms with E-state index in [1.165, 1.54) is 28.9 Å². The van der Waals surface area contributed by atoms with E-state index in [-0.39, 0.29) is 17.8 Å². The van der Waals surface area contributed by atoms with Crippen LogP contribution in [0.15, 0.2) is 53.7 Å². The maximum atomic E-state index is 11.3. The maximum absolute atomic E-state index is 11.3. The van der Waals surface area contributed by atoms with Crippen molar-refractivity contribution >= 4 is 17.5 Å². The van der Waals surface area contributed by atoms with Crippen LogP contribution in [-0.2, 0) is 5.41 Å². The lowest BCUT2D eigenvalue weighted by Gasteiger charge is -2.19. The number of rotatable bonds is 8. The number of ketones is 1. The molecule has 3 rings (SSSR count). The van der Waals surface area contributed by atoms with Crippen molar-refractivity contribution in [1.82, 2.24) is 14.9 Å². The minimum atomic E-state index is -0.719. The quantitative estimate of drug-likeness (QED) is 0.313. The van der Waals surface area contributed by atoms with E-state index in [9.17, 15) is 9.90 Å². The summed E-state index contributed by atoms with van der Waals surface area (Å²) in [4.78, 5) is 11.3. The summed E-state index contributed by atoms with van der Waals surface area (Å²) in [7, 11) is 0. The number of hydrogen-bond acceptors (Lipinski definition) is 7. The number of ether oxygens (including phenoxy) is 1. The van der Waals surface area contributed by atoms with E-state index in [1.807, 2.05) is 12.1 Å². The Kier molecular flexibility index (Phi) is 7.02. The van der Waals surface area contributed by atoms with E-state index in [4.69, 9.17) is 10.6 Å². The topological polar surface area (TPSA) is 103 Å². The average Bonchev–Trinajstić information content (AvgIpc) is 3.10. The number of Topliss-reactive ketones (excluding diaryl/α,β-unsaturated/α-hetero) is 1. The molecule has 0 amide bonds. The molecule has 164 valence electrons. The molecule has 3 aromatic rings. The molecule has 1 unspecified atom stereocenters. The highest BCUT2D eigenvalue weighted by molar-refractivity contribution is 7.99. The van der Waals surface area contributed by atoms with Gasteiger partial charge in [0.1, 0.15) is 12.4 Å². The molecular formula is C23H28N4O3S. The highest BCUT2D eigenvalue weighted by atomic mass is 32.2. The lowest BCUT2D eigenvalue weighted by Crippen LogP contribution is -2.21. The van der Waals surface area contributed by atoms with Gasteiger partial charge >= 0.3 is 0 Å². The van der Waals surface area contributed by atoms with Gasteiger partial charge in [-0.15, -0.1) is 10.2 Å². The number of aliphatic hydroxyl groups excluding tert-OH is 1. The molecule has 1 atom stereocenters. The first-order chi connectivity index (χ1) is 14.6. The van der Waals surface area contributed by atoms with Crippen LogP contribution in [0.25, 0.3) is 11.4 Å². The number of nitrogens with two attached hydrogens (primary N) is 1. The minimum Gasteiger partial charge on any atom is -0.491 e. The lowest BCUT2D eigenvalue weighted by molar-refractivity contribution is 0.101. The fraction of sp³-hybridized carbons (Fsp3) is 0.348.